The van der Waals surface area contributed by atoms with Crippen LogP contribution in [-0.2, 0) is 19.5 Å². The van der Waals surface area contributed by atoms with Gasteiger partial charge in [0.05, 0.1) is 11.9 Å². The molecule has 4 nitrogen and oxygen atoms in total. The van der Waals surface area contributed by atoms with Gasteiger partial charge in [-0.1, -0.05) is 51.1 Å². The summed E-state index contributed by atoms with van der Waals surface area (Å²) in [6, 6.07) is 10.6. The number of benzene rings is 1. The molecule has 1 N–H and O–H groups in total. The van der Waals surface area contributed by atoms with Gasteiger partial charge in [0.1, 0.15) is 0 Å². The van der Waals surface area contributed by atoms with E-state index in [1.807, 2.05) is 0 Å². The van der Waals surface area contributed by atoms with Crippen molar-refractivity contribution in [2.24, 2.45) is 0 Å². The van der Waals surface area contributed by atoms with E-state index in [-0.39, 0.29) is 0 Å². The van der Waals surface area contributed by atoms with Crippen molar-refractivity contribution in [2.45, 2.75) is 26.2 Å². The minimum Gasteiger partial charge on any atom is -0.263 e. The highest BCUT2D eigenvalue weighted by Crippen LogP contribution is 2.20. The van der Waals surface area contributed by atoms with Crippen molar-refractivity contribution in [1.82, 2.24) is 0 Å². The summed E-state index contributed by atoms with van der Waals surface area (Å²) in [5.41, 5.74) is 1.69. The van der Waals surface area contributed by atoms with E-state index in [1.54, 1.807) is 0 Å². The van der Waals surface area contributed by atoms with E-state index < -0.39 is 10.4 Å². The van der Waals surface area contributed by atoms with Crippen molar-refractivity contribution >= 4 is 22.3 Å². The van der Waals surface area contributed by atoms with Crippen LogP contribution in [0.2, 0.25) is 0 Å². The van der Waals surface area contributed by atoms with Crippen LogP contribution in [0.15, 0.2) is 30.3 Å². The van der Waals surface area contributed by atoms with Crippen LogP contribution in [0.5, 0.6) is 0 Å². The molecule has 92 valence electrons. The van der Waals surface area contributed by atoms with Crippen LogP contribution in [0.3, 0.4) is 0 Å². The Morgan fingerprint density at radius 1 is 1.19 bits per heavy atom. The van der Waals surface area contributed by atoms with Gasteiger partial charge in [0, 0.05) is 0 Å². The molecule has 0 atom stereocenters. The van der Waals surface area contributed by atoms with Gasteiger partial charge in [-0.15, -0.1) is 3.74 Å². The van der Waals surface area contributed by atoms with Gasteiger partial charge >= 0.3 is 10.4 Å². The summed E-state index contributed by atoms with van der Waals surface area (Å²) in [6.45, 7) is 6.67. The van der Waals surface area contributed by atoms with Gasteiger partial charge in [-0.05, 0) is 11.0 Å². The SMILES string of the molecule is CC(C)(C)c1ccccc1.O=S(=O)(O)OCl. The fraction of sp³-hybridized carbons (Fsp3) is 0.400. The lowest BCUT2D eigenvalue weighted by Crippen LogP contribution is -2.10. The van der Waals surface area contributed by atoms with E-state index in [4.69, 9.17) is 4.55 Å². The second kappa shape index (κ2) is 6.20. The van der Waals surface area contributed by atoms with Crippen LogP contribution in [0.1, 0.15) is 26.3 Å². The van der Waals surface area contributed by atoms with Gasteiger partial charge in [0.25, 0.3) is 0 Å². The molecule has 0 heterocycles. The summed E-state index contributed by atoms with van der Waals surface area (Å²) in [5, 5.41) is 0. The second-order valence-corrected chi connectivity index (χ2v) is 5.47. The molecule has 0 aliphatic rings. The van der Waals surface area contributed by atoms with Gasteiger partial charge in [0.15, 0.2) is 0 Å². The predicted octanol–water partition coefficient (Wildman–Crippen LogP) is 2.94. The van der Waals surface area contributed by atoms with E-state index in [0.29, 0.717) is 5.41 Å². The minimum absolute atomic E-state index is 0.293. The van der Waals surface area contributed by atoms with Crippen LogP contribution >= 0.6 is 11.9 Å². The van der Waals surface area contributed by atoms with Crippen LogP contribution < -0.4 is 0 Å². The van der Waals surface area contributed by atoms with Gasteiger partial charge in [0.2, 0.25) is 0 Å². The molecule has 0 aromatic heterocycles. The molecule has 0 bridgehead atoms. The third kappa shape index (κ3) is 7.64. The van der Waals surface area contributed by atoms with Crippen molar-refractivity contribution in [3.8, 4) is 0 Å². The third-order valence-electron chi connectivity index (χ3n) is 1.72. The molecule has 0 aliphatic carbocycles. The first kappa shape index (κ1) is 15.4. The number of rotatable bonds is 1. The van der Waals surface area contributed by atoms with Gasteiger partial charge in [-0.25, -0.2) is 0 Å². The molecule has 1 aromatic rings. The van der Waals surface area contributed by atoms with Gasteiger partial charge < -0.3 is 0 Å². The Hall–Kier alpha value is -0.620. The highest BCUT2D eigenvalue weighted by Gasteiger charge is 2.11. The number of hydrogen-bond acceptors (Lipinski definition) is 3. The topological polar surface area (TPSA) is 63.6 Å². The summed E-state index contributed by atoms with van der Waals surface area (Å²) < 4.78 is 28.8. The van der Waals surface area contributed by atoms with Crippen LogP contribution in [-0.4, -0.2) is 13.0 Å². The van der Waals surface area contributed by atoms with Crippen molar-refractivity contribution in [3.63, 3.8) is 0 Å². The molecule has 1 rings (SSSR count). The second-order valence-electron chi connectivity index (χ2n) is 4.11. The Balaban J connectivity index is 0.000000325. The van der Waals surface area contributed by atoms with Crippen LogP contribution in [0.25, 0.3) is 0 Å². The maximum absolute atomic E-state index is 9.20. The van der Waals surface area contributed by atoms with Crippen LogP contribution in [0.4, 0.5) is 0 Å². The maximum Gasteiger partial charge on any atom is 0.413 e. The molecule has 0 unspecified atom stereocenters. The molecular weight excluding hydrogens is 252 g/mol. The monoisotopic (exact) mass is 266 g/mol. The molecule has 0 aliphatic heterocycles. The van der Waals surface area contributed by atoms with E-state index in [9.17, 15) is 8.42 Å². The minimum atomic E-state index is -4.40. The molecule has 0 saturated heterocycles. The maximum atomic E-state index is 9.20. The standard InChI is InChI=1S/C10H14.ClHO4S/c1-10(2,3)9-7-5-4-6-8-9;1-5-6(2,3)4/h4-8H,1-3H3;(H,2,3,4). The summed E-state index contributed by atoms with van der Waals surface area (Å²) in [5.74, 6) is 0. The zero-order valence-electron chi connectivity index (χ0n) is 9.34. The van der Waals surface area contributed by atoms with Crippen molar-refractivity contribution < 1.29 is 16.7 Å². The Morgan fingerprint density at radius 2 is 1.56 bits per heavy atom. The molecule has 16 heavy (non-hydrogen) atoms. The molecule has 0 fully saturated rings. The van der Waals surface area contributed by atoms with E-state index in [1.165, 1.54) is 5.56 Å². The lowest BCUT2D eigenvalue weighted by molar-refractivity contribution is 0.400. The lowest BCUT2D eigenvalue weighted by atomic mass is 9.87. The normalized spacial score (nSPS) is 11.6. The number of halogens is 1. The quantitative estimate of drug-likeness (QED) is 0.794. The fourth-order valence-corrected chi connectivity index (χ4v) is 0.938. The highest BCUT2D eigenvalue weighted by molar-refractivity contribution is 7.81. The first-order chi connectivity index (χ1) is 7.17. The Kier molecular flexibility index (Phi) is 5.96. The van der Waals surface area contributed by atoms with Crippen molar-refractivity contribution in [1.29, 1.82) is 0 Å². The molecule has 6 heteroatoms. The average Bonchev–Trinajstić information content (AvgIpc) is 2.18. The first-order valence-electron chi connectivity index (χ1n) is 4.50. The van der Waals surface area contributed by atoms with Crippen LogP contribution in [0, 0.1) is 0 Å². The summed E-state index contributed by atoms with van der Waals surface area (Å²) in [4.78, 5) is 0. The smallest absolute Gasteiger partial charge is 0.263 e. The summed E-state index contributed by atoms with van der Waals surface area (Å²) in [7, 11) is -4.40. The fourth-order valence-electron chi connectivity index (χ4n) is 0.938. The van der Waals surface area contributed by atoms with E-state index >= 15 is 0 Å². The first-order valence-corrected chi connectivity index (χ1v) is 6.17. The zero-order valence-corrected chi connectivity index (χ0v) is 10.9. The summed E-state index contributed by atoms with van der Waals surface area (Å²) >= 11 is 4.14. The van der Waals surface area contributed by atoms with Crippen molar-refractivity contribution in [2.75, 3.05) is 0 Å². The average molecular weight is 267 g/mol. The third-order valence-corrected chi connectivity index (χ3v) is 2.36. The Bertz CT molecular complexity index is 395. The predicted molar refractivity (Wildman–Crippen MR) is 63.6 cm³/mol. The van der Waals surface area contributed by atoms with E-state index in [0.717, 1.165) is 0 Å². The largest absolute Gasteiger partial charge is 0.413 e. The van der Waals surface area contributed by atoms with Gasteiger partial charge in [-0.2, -0.15) is 8.42 Å². The molecule has 1 aromatic carbocycles. The summed E-state index contributed by atoms with van der Waals surface area (Å²) in [6.07, 6.45) is 0. The van der Waals surface area contributed by atoms with Gasteiger partial charge in [-0.3, -0.25) is 4.55 Å². The lowest BCUT2D eigenvalue weighted by Gasteiger charge is -2.18. The van der Waals surface area contributed by atoms with Crippen molar-refractivity contribution in [3.05, 3.63) is 35.9 Å². The molecule has 0 spiro atoms. The highest BCUT2D eigenvalue weighted by atomic mass is 35.5. The Morgan fingerprint density at radius 3 is 1.75 bits per heavy atom. The molecule has 0 saturated carbocycles. The van der Waals surface area contributed by atoms with E-state index in [2.05, 4.69) is 66.7 Å². The molecule has 0 amide bonds. The Labute approximate surface area is 101 Å². The molecular formula is C10H15ClO4S. The number of hydrogen-bond donors (Lipinski definition) is 1. The molecule has 0 radical (unpaired) electrons. The zero-order chi connectivity index (χ0) is 12.8.